The van der Waals surface area contributed by atoms with Crippen LogP contribution < -0.4 is 5.32 Å². The summed E-state index contributed by atoms with van der Waals surface area (Å²) >= 11 is 1.61. The number of rotatable bonds is 4. The predicted octanol–water partition coefficient (Wildman–Crippen LogP) is 4.60. The van der Waals surface area contributed by atoms with Gasteiger partial charge in [0.2, 0.25) is 0 Å². The summed E-state index contributed by atoms with van der Waals surface area (Å²) in [5.74, 6) is -0.119. The van der Waals surface area contributed by atoms with Gasteiger partial charge in [0.1, 0.15) is 0 Å². The molecule has 0 bridgehead atoms. The van der Waals surface area contributed by atoms with E-state index in [1.54, 1.807) is 17.5 Å². The molecule has 0 unspecified atom stereocenters. The van der Waals surface area contributed by atoms with Crippen LogP contribution in [0.3, 0.4) is 0 Å². The zero-order valence-corrected chi connectivity index (χ0v) is 15.1. The summed E-state index contributed by atoms with van der Waals surface area (Å²) in [5.41, 5.74) is 4.20. The van der Waals surface area contributed by atoms with Crippen LogP contribution in [0.1, 0.15) is 21.6 Å². The van der Waals surface area contributed by atoms with E-state index in [0.29, 0.717) is 12.1 Å². The highest BCUT2D eigenvalue weighted by molar-refractivity contribution is 7.13. The second kappa shape index (κ2) is 7.06. The number of thiophene rings is 1. The molecule has 26 heavy (non-hydrogen) atoms. The Morgan fingerprint density at radius 1 is 1.12 bits per heavy atom. The monoisotopic (exact) mass is 359 g/mol. The van der Waals surface area contributed by atoms with Gasteiger partial charge in [-0.05, 0) is 42.1 Å². The Labute approximate surface area is 155 Å². The summed E-state index contributed by atoms with van der Waals surface area (Å²) in [6.45, 7) is 2.39. The summed E-state index contributed by atoms with van der Waals surface area (Å²) in [4.78, 5) is 23.0. The van der Waals surface area contributed by atoms with Crippen LogP contribution in [0, 0.1) is 6.92 Å². The number of aryl methyl sites for hydroxylation is 1. The Hall–Kier alpha value is -3.05. The number of aromatic nitrogens is 2. The number of fused-ring (bicyclic) bond motifs is 1. The number of carbonyl (C=O) groups excluding carboxylic acids is 1. The minimum atomic E-state index is -0.119. The third-order valence-electron chi connectivity index (χ3n) is 4.27. The van der Waals surface area contributed by atoms with E-state index in [-0.39, 0.29) is 5.91 Å². The van der Waals surface area contributed by atoms with E-state index in [1.807, 2.05) is 66.9 Å². The first kappa shape index (κ1) is 16.4. The van der Waals surface area contributed by atoms with E-state index in [2.05, 4.69) is 10.3 Å². The Kier molecular flexibility index (Phi) is 4.46. The molecule has 4 rings (SSSR count). The van der Waals surface area contributed by atoms with E-state index in [9.17, 15) is 4.79 Å². The number of pyridine rings is 2. The minimum absolute atomic E-state index is 0.119. The van der Waals surface area contributed by atoms with Gasteiger partial charge in [0.05, 0.1) is 33.9 Å². The maximum atomic E-state index is 12.9. The SMILES string of the molecule is Cc1cccnc1CNC(=O)c1cc(-c2cccs2)nc2ccccc12. The number of hydrogen-bond donors (Lipinski definition) is 1. The van der Waals surface area contributed by atoms with Crippen molar-refractivity contribution in [3.8, 4) is 10.6 Å². The molecule has 0 aliphatic rings. The van der Waals surface area contributed by atoms with Crippen LogP contribution in [0.25, 0.3) is 21.5 Å². The van der Waals surface area contributed by atoms with Crippen molar-refractivity contribution in [2.24, 2.45) is 0 Å². The molecule has 0 saturated heterocycles. The number of nitrogens with one attached hydrogen (secondary N) is 1. The molecule has 0 fully saturated rings. The molecule has 0 aliphatic heterocycles. The van der Waals surface area contributed by atoms with Gasteiger partial charge in [-0.3, -0.25) is 9.78 Å². The smallest absolute Gasteiger partial charge is 0.252 e. The first-order chi connectivity index (χ1) is 12.7. The first-order valence-corrected chi connectivity index (χ1v) is 9.23. The summed E-state index contributed by atoms with van der Waals surface area (Å²) in [7, 11) is 0. The number of benzene rings is 1. The highest BCUT2D eigenvalue weighted by Crippen LogP contribution is 2.27. The maximum absolute atomic E-state index is 12.9. The number of carbonyl (C=O) groups is 1. The van der Waals surface area contributed by atoms with Crippen LogP contribution in [0.2, 0.25) is 0 Å². The van der Waals surface area contributed by atoms with Gasteiger partial charge in [0, 0.05) is 11.6 Å². The van der Waals surface area contributed by atoms with Gasteiger partial charge in [-0.2, -0.15) is 0 Å². The quantitative estimate of drug-likeness (QED) is 0.579. The maximum Gasteiger partial charge on any atom is 0.252 e. The lowest BCUT2D eigenvalue weighted by molar-refractivity contribution is 0.0952. The number of para-hydroxylation sites is 1. The summed E-state index contributed by atoms with van der Waals surface area (Å²) in [6.07, 6.45) is 1.74. The van der Waals surface area contributed by atoms with Crippen molar-refractivity contribution in [3.63, 3.8) is 0 Å². The fraction of sp³-hybridized carbons (Fsp3) is 0.0952. The van der Waals surface area contributed by atoms with Gasteiger partial charge in [-0.15, -0.1) is 11.3 Å². The van der Waals surface area contributed by atoms with Gasteiger partial charge in [-0.25, -0.2) is 4.98 Å². The Bertz CT molecular complexity index is 1070. The summed E-state index contributed by atoms with van der Waals surface area (Å²) in [6, 6.07) is 17.5. The molecule has 3 heterocycles. The third-order valence-corrected chi connectivity index (χ3v) is 5.16. The van der Waals surface area contributed by atoms with Gasteiger partial charge in [-0.1, -0.05) is 30.3 Å². The lowest BCUT2D eigenvalue weighted by atomic mass is 10.1. The van der Waals surface area contributed by atoms with Crippen LogP contribution in [-0.4, -0.2) is 15.9 Å². The van der Waals surface area contributed by atoms with E-state index >= 15 is 0 Å². The van der Waals surface area contributed by atoms with Gasteiger partial charge >= 0.3 is 0 Å². The van der Waals surface area contributed by atoms with Crippen molar-refractivity contribution in [2.45, 2.75) is 13.5 Å². The fourth-order valence-electron chi connectivity index (χ4n) is 2.88. The molecule has 0 spiro atoms. The summed E-state index contributed by atoms with van der Waals surface area (Å²) < 4.78 is 0. The van der Waals surface area contributed by atoms with Crippen molar-refractivity contribution < 1.29 is 4.79 Å². The standard InChI is InChI=1S/C21H17N3OS/c1-14-6-4-10-22-19(14)13-23-21(25)16-12-18(20-9-5-11-26-20)24-17-8-3-2-7-15(16)17/h2-12H,13H2,1H3,(H,23,25). The average Bonchev–Trinajstić information content (AvgIpc) is 3.21. The molecule has 4 nitrogen and oxygen atoms in total. The normalized spacial score (nSPS) is 10.8. The zero-order chi connectivity index (χ0) is 17.9. The van der Waals surface area contributed by atoms with E-state index in [0.717, 1.165) is 32.7 Å². The lowest BCUT2D eigenvalue weighted by Crippen LogP contribution is -2.24. The van der Waals surface area contributed by atoms with E-state index in [1.165, 1.54) is 0 Å². The van der Waals surface area contributed by atoms with Crippen molar-refractivity contribution in [3.05, 3.63) is 83.0 Å². The van der Waals surface area contributed by atoms with Crippen molar-refractivity contribution >= 4 is 28.1 Å². The molecule has 0 aliphatic carbocycles. The first-order valence-electron chi connectivity index (χ1n) is 8.35. The molecule has 1 amide bonds. The topological polar surface area (TPSA) is 54.9 Å². The Morgan fingerprint density at radius 3 is 2.81 bits per heavy atom. The lowest BCUT2D eigenvalue weighted by Gasteiger charge is -2.10. The predicted molar refractivity (Wildman–Crippen MR) is 105 cm³/mol. The molecular formula is C21H17N3OS. The van der Waals surface area contributed by atoms with E-state index in [4.69, 9.17) is 4.98 Å². The zero-order valence-electron chi connectivity index (χ0n) is 14.3. The Morgan fingerprint density at radius 2 is 2.00 bits per heavy atom. The minimum Gasteiger partial charge on any atom is -0.346 e. The average molecular weight is 359 g/mol. The molecule has 128 valence electrons. The van der Waals surface area contributed by atoms with Gasteiger partial charge in [0.15, 0.2) is 0 Å². The van der Waals surface area contributed by atoms with Crippen LogP contribution in [0.4, 0.5) is 0 Å². The molecule has 1 N–H and O–H groups in total. The molecule has 0 saturated carbocycles. The van der Waals surface area contributed by atoms with Gasteiger partial charge < -0.3 is 5.32 Å². The molecule has 4 aromatic rings. The van der Waals surface area contributed by atoms with Crippen LogP contribution in [-0.2, 0) is 6.54 Å². The van der Waals surface area contributed by atoms with Crippen molar-refractivity contribution in [2.75, 3.05) is 0 Å². The highest BCUT2D eigenvalue weighted by Gasteiger charge is 2.14. The molecular weight excluding hydrogens is 342 g/mol. The molecule has 3 aromatic heterocycles. The number of hydrogen-bond acceptors (Lipinski definition) is 4. The second-order valence-electron chi connectivity index (χ2n) is 6.00. The van der Waals surface area contributed by atoms with Crippen molar-refractivity contribution in [1.82, 2.24) is 15.3 Å². The second-order valence-corrected chi connectivity index (χ2v) is 6.95. The molecule has 1 aromatic carbocycles. The fourth-order valence-corrected chi connectivity index (χ4v) is 3.56. The molecule has 0 atom stereocenters. The number of nitrogens with zero attached hydrogens (tertiary/aromatic N) is 2. The van der Waals surface area contributed by atoms with Gasteiger partial charge in [0.25, 0.3) is 5.91 Å². The van der Waals surface area contributed by atoms with Crippen LogP contribution in [0.15, 0.2) is 66.2 Å². The molecule has 0 radical (unpaired) electrons. The Balaban J connectivity index is 1.70. The number of amides is 1. The van der Waals surface area contributed by atoms with Crippen LogP contribution >= 0.6 is 11.3 Å². The highest BCUT2D eigenvalue weighted by atomic mass is 32.1. The third kappa shape index (κ3) is 3.21. The van der Waals surface area contributed by atoms with Crippen LogP contribution in [0.5, 0.6) is 0 Å². The summed E-state index contributed by atoms with van der Waals surface area (Å²) in [5, 5.41) is 5.85. The molecule has 5 heteroatoms. The largest absolute Gasteiger partial charge is 0.346 e. The van der Waals surface area contributed by atoms with Crippen molar-refractivity contribution in [1.29, 1.82) is 0 Å². The van der Waals surface area contributed by atoms with E-state index < -0.39 is 0 Å².